The zero-order valence-electron chi connectivity index (χ0n) is 13.0. The number of H-pyrrole nitrogens is 1. The highest BCUT2D eigenvalue weighted by molar-refractivity contribution is 5.85. The summed E-state index contributed by atoms with van der Waals surface area (Å²) in [5.74, 6) is 0.917. The monoisotopic (exact) mass is 367 g/mol. The summed E-state index contributed by atoms with van der Waals surface area (Å²) in [6, 6.07) is 11.1. The molecule has 9 heteroatoms. The Morgan fingerprint density at radius 2 is 1.84 bits per heavy atom. The van der Waals surface area contributed by atoms with Crippen LogP contribution >= 0.6 is 12.4 Å². The lowest BCUT2D eigenvalue weighted by Gasteiger charge is -2.20. The maximum Gasteiger partial charge on any atom is 0.167 e. The van der Waals surface area contributed by atoms with Crippen molar-refractivity contribution in [2.45, 2.75) is 18.3 Å². The molecule has 0 unspecified atom stereocenters. The Bertz CT molecular complexity index is 792. The third kappa shape index (κ3) is 4.06. The molecular weight excluding hydrogens is 350 g/mol. The molecule has 25 heavy (non-hydrogen) atoms. The van der Waals surface area contributed by atoms with Gasteiger partial charge in [0.25, 0.3) is 0 Å². The molecule has 0 saturated carbocycles. The summed E-state index contributed by atoms with van der Waals surface area (Å²) in [5, 5.41) is 41.9. The van der Waals surface area contributed by atoms with E-state index in [4.69, 9.17) is 9.63 Å². The molecule has 0 saturated heterocycles. The van der Waals surface area contributed by atoms with Crippen molar-refractivity contribution in [3.05, 3.63) is 48.3 Å². The van der Waals surface area contributed by atoms with Crippen LogP contribution in [0.4, 0.5) is 0 Å². The van der Waals surface area contributed by atoms with E-state index in [-0.39, 0.29) is 18.1 Å². The van der Waals surface area contributed by atoms with Crippen LogP contribution in [0.3, 0.4) is 0 Å². The number of nitrogens with one attached hydrogen (secondary N) is 1. The summed E-state index contributed by atoms with van der Waals surface area (Å²) in [6.07, 6.45) is -3.10. The molecule has 1 aromatic carbocycles. The lowest BCUT2D eigenvalue weighted by molar-refractivity contribution is -0.0788. The van der Waals surface area contributed by atoms with Gasteiger partial charge in [-0.05, 0) is 0 Å². The Hall–Kier alpha value is -2.23. The molecule has 2 aromatic heterocycles. The molecule has 2 heterocycles. The number of imidazole rings is 1. The highest BCUT2D eigenvalue weighted by Crippen LogP contribution is 2.26. The number of hydrogen-bond acceptors (Lipinski definition) is 7. The highest BCUT2D eigenvalue weighted by atomic mass is 35.5. The number of halogens is 1. The normalized spacial score (nSPS) is 14.6. The molecule has 0 aliphatic heterocycles. The van der Waals surface area contributed by atoms with Crippen LogP contribution in [0.25, 0.3) is 22.8 Å². The molecular formula is C16H18ClN3O5. The van der Waals surface area contributed by atoms with Crippen molar-refractivity contribution in [3.8, 4) is 22.8 Å². The Morgan fingerprint density at radius 3 is 2.52 bits per heavy atom. The van der Waals surface area contributed by atoms with Crippen LogP contribution in [0.5, 0.6) is 0 Å². The van der Waals surface area contributed by atoms with Crippen molar-refractivity contribution in [2.24, 2.45) is 0 Å². The molecule has 0 aliphatic rings. The highest BCUT2D eigenvalue weighted by Gasteiger charge is 2.27. The minimum Gasteiger partial charge on any atom is -0.394 e. The van der Waals surface area contributed by atoms with Crippen LogP contribution in [0.1, 0.15) is 11.8 Å². The topological polar surface area (TPSA) is 136 Å². The van der Waals surface area contributed by atoms with Gasteiger partial charge >= 0.3 is 0 Å². The van der Waals surface area contributed by atoms with E-state index in [0.717, 1.165) is 5.56 Å². The van der Waals surface area contributed by atoms with Gasteiger partial charge < -0.3 is 29.9 Å². The van der Waals surface area contributed by atoms with Crippen LogP contribution in [0.15, 0.2) is 47.1 Å². The van der Waals surface area contributed by atoms with Crippen molar-refractivity contribution >= 4 is 12.4 Å². The second-order valence-corrected chi connectivity index (χ2v) is 5.31. The van der Waals surface area contributed by atoms with E-state index >= 15 is 0 Å². The van der Waals surface area contributed by atoms with Crippen molar-refractivity contribution in [1.82, 2.24) is 15.1 Å². The molecule has 0 amide bonds. The van der Waals surface area contributed by atoms with Gasteiger partial charge in [0.15, 0.2) is 11.6 Å². The van der Waals surface area contributed by atoms with Crippen molar-refractivity contribution in [2.75, 3.05) is 6.61 Å². The van der Waals surface area contributed by atoms with Crippen LogP contribution in [-0.2, 0) is 0 Å². The Labute approximate surface area is 149 Å². The molecule has 0 aliphatic carbocycles. The minimum atomic E-state index is -1.54. The van der Waals surface area contributed by atoms with E-state index in [1.165, 1.54) is 6.20 Å². The number of aromatic amines is 1. The fourth-order valence-corrected chi connectivity index (χ4v) is 2.24. The van der Waals surface area contributed by atoms with Gasteiger partial charge in [0.1, 0.15) is 24.0 Å². The van der Waals surface area contributed by atoms with E-state index in [9.17, 15) is 15.3 Å². The molecule has 5 N–H and O–H groups in total. The van der Waals surface area contributed by atoms with Gasteiger partial charge in [-0.1, -0.05) is 35.5 Å². The zero-order valence-corrected chi connectivity index (χ0v) is 13.8. The summed E-state index contributed by atoms with van der Waals surface area (Å²) < 4.78 is 5.28. The predicted molar refractivity (Wildman–Crippen MR) is 90.8 cm³/mol. The van der Waals surface area contributed by atoms with Gasteiger partial charge in [-0.3, -0.25) is 0 Å². The van der Waals surface area contributed by atoms with Gasteiger partial charge in [-0.15, -0.1) is 12.4 Å². The fourth-order valence-electron chi connectivity index (χ4n) is 2.24. The first kappa shape index (κ1) is 19.1. The second kappa shape index (κ2) is 8.24. The Morgan fingerprint density at radius 1 is 1.12 bits per heavy atom. The number of benzene rings is 1. The molecule has 3 rings (SSSR count). The first-order valence-electron chi connectivity index (χ1n) is 7.32. The number of rotatable bonds is 6. The Kier molecular flexibility index (Phi) is 6.29. The molecule has 0 bridgehead atoms. The number of hydrogen-bond donors (Lipinski definition) is 5. The largest absolute Gasteiger partial charge is 0.394 e. The third-order valence-electron chi connectivity index (χ3n) is 3.63. The van der Waals surface area contributed by atoms with E-state index in [1.54, 1.807) is 6.07 Å². The summed E-state index contributed by atoms with van der Waals surface area (Å²) in [6.45, 7) is -0.664. The lowest BCUT2D eigenvalue weighted by atomic mass is 10.1. The summed E-state index contributed by atoms with van der Waals surface area (Å²) in [4.78, 5) is 6.91. The first-order chi connectivity index (χ1) is 11.6. The van der Waals surface area contributed by atoms with Crippen LogP contribution in [-0.4, -0.2) is 54.4 Å². The van der Waals surface area contributed by atoms with E-state index in [1.807, 2.05) is 30.3 Å². The van der Waals surface area contributed by atoms with Gasteiger partial charge in [0.05, 0.1) is 18.5 Å². The first-order valence-corrected chi connectivity index (χ1v) is 7.32. The molecule has 8 nitrogen and oxygen atoms in total. The molecule has 0 radical (unpaired) electrons. The average Bonchev–Trinajstić information content (AvgIpc) is 3.29. The SMILES string of the molecule is Cl.OC[C@@H](O)[C@@H](O)[C@H](O)c1cnc(-c2cc(-c3ccccc3)on2)[nH]1. The van der Waals surface area contributed by atoms with E-state index in [2.05, 4.69) is 15.1 Å². The predicted octanol–water partition coefficient (Wildman–Crippen LogP) is 0.901. The van der Waals surface area contributed by atoms with Crippen LogP contribution < -0.4 is 0 Å². The van der Waals surface area contributed by atoms with Crippen LogP contribution in [0.2, 0.25) is 0 Å². The third-order valence-corrected chi connectivity index (χ3v) is 3.63. The fraction of sp³-hybridized carbons (Fsp3) is 0.250. The smallest absolute Gasteiger partial charge is 0.167 e. The van der Waals surface area contributed by atoms with Crippen molar-refractivity contribution in [3.63, 3.8) is 0 Å². The van der Waals surface area contributed by atoms with Crippen molar-refractivity contribution < 1.29 is 24.9 Å². The number of aliphatic hydroxyl groups excluding tert-OH is 4. The Balaban J connectivity index is 0.00000225. The van der Waals surface area contributed by atoms with E-state index < -0.39 is 24.9 Å². The maximum absolute atomic E-state index is 10.00. The standard InChI is InChI=1S/C16H17N3O5.ClH/c20-8-12(21)15(23)14(22)11-7-17-16(18-11)10-6-13(24-19-10)9-4-2-1-3-5-9;/h1-7,12,14-15,20-23H,8H2,(H,17,18);1H/t12-,14-,15-;/m1./s1. The summed E-state index contributed by atoms with van der Waals surface area (Å²) in [7, 11) is 0. The summed E-state index contributed by atoms with van der Waals surface area (Å²) >= 11 is 0. The van der Waals surface area contributed by atoms with Gasteiger partial charge in [0.2, 0.25) is 0 Å². The van der Waals surface area contributed by atoms with Gasteiger partial charge in [0, 0.05) is 11.6 Å². The number of aromatic nitrogens is 3. The quantitative estimate of drug-likeness (QED) is 0.436. The molecule has 134 valence electrons. The van der Waals surface area contributed by atoms with Gasteiger partial charge in [-0.2, -0.15) is 0 Å². The lowest BCUT2D eigenvalue weighted by Crippen LogP contribution is -2.34. The van der Waals surface area contributed by atoms with Crippen molar-refractivity contribution in [1.29, 1.82) is 0 Å². The average molecular weight is 368 g/mol. The molecule has 3 atom stereocenters. The molecule has 3 aromatic rings. The molecule has 0 fully saturated rings. The number of nitrogens with zero attached hydrogens (tertiary/aromatic N) is 2. The summed E-state index contributed by atoms with van der Waals surface area (Å²) in [5.41, 5.74) is 1.49. The zero-order chi connectivity index (χ0) is 17.1. The number of aliphatic hydroxyl groups is 4. The van der Waals surface area contributed by atoms with E-state index in [0.29, 0.717) is 17.3 Å². The maximum atomic E-state index is 10.00. The minimum absolute atomic E-state index is 0. The second-order valence-electron chi connectivity index (χ2n) is 5.31. The van der Waals surface area contributed by atoms with Gasteiger partial charge in [-0.25, -0.2) is 4.98 Å². The van der Waals surface area contributed by atoms with Crippen LogP contribution in [0, 0.1) is 0 Å². The molecule has 0 spiro atoms.